The zero-order chi connectivity index (χ0) is 56.4. The molecule has 0 aromatic rings. The number of allylic oxidation sites excluding steroid dienone is 5. The van der Waals surface area contributed by atoms with Crippen molar-refractivity contribution in [1.82, 2.24) is 5.32 Å². The van der Waals surface area contributed by atoms with Gasteiger partial charge in [0.1, 0.15) is 0 Å². The Balaban J connectivity index is 3.36. The summed E-state index contributed by atoms with van der Waals surface area (Å²) in [6, 6.07) is -0.625. The predicted molar refractivity (Wildman–Crippen MR) is 343 cm³/mol. The molecule has 0 spiro atoms. The van der Waals surface area contributed by atoms with Gasteiger partial charge in [-0.3, -0.25) is 9.59 Å². The topological polar surface area (TPSA) is 95.9 Å². The van der Waals surface area contributed by atoms with Gasteiger partial charge in [0.15, 0.2) is 0 Å². The van der Waals surface area contributed by atoms with Crippen LogP contribution < -0.4 is 5.32 Å². The molecule has 0 rings (SSSR count). The average Bonchev–Trinajstić information content (AvgIpc) is 3.44. The van der Waals surface area contributed by atoms with Crippen LogP contribution in [0.3, 0.4) is 0 Å². The molecule has 1 amide bonds. The van der Waals surface area contributed by atoms with E-state index in [0.29, 0.717) is 19.4 Å². The smallest absolute Gasteiger partial charge is 0.305 e. The normalized spacial score (nSPS) is 12.7. The molecule has 0 aliphatic rings. The number of unbranched alkanes of at least 4 members (excludes halogenated alkanes) is 51. The van der Waals surface area contributed by atoms with E-state index in [2.05, 4.69) is 43.5 Å². The zero-order valence-electron chi connectivity index (χ0n) is 52.7. The van der Waals surface area contributed by atoms with Crippen LogP contribution in [0.5, 0.6) is 0 Å². The first kappa shape index (κ1) is 76.1. The van der Waals surface area contributed by atoms with Gasteiger partial charge in [-0.2, -0.15) is 0 Å². The van der Waals surface area contributed by atoms with Crippen LogP contribution in [0, 0.1) is 0 Å². The molecule has 0 bridgehead atoms. The minimum atomic E-state index is -0.842. The van der Waals surface area contributed by atoms with Crippen LogP contribution in [0.15, 0.2) is 36.5 Å². The Morgan fingerprint density at radius 1 is 0.359 bits per heavy atom. The molecule has 78 heavy (non-hydrogen) atoms. The molecule has 0 heterocycles. The highest BCUT2D eigenvalue weighted by molar-refractivity contribution is 5.76. The van der Waals surface area contributed by atoms with Crippen molar-refractivity contribution in [2.24, 2.45) is 0 Å². The van der Waals surface area contributed by atoms with Crippen molar-refractivity contribution in [2.45, 2.75) is 398 Å². The van der Waals surface area contributed by atoms with Crippen molar-refractivity contribution < 1.29 is 24.5 Å². The van der Waals surface area contributed by atoms with Crippen LogP contribution in [0.4, 0.5) is 0 Å². The fourth-order valence-corrected chi connectivity index (χ4v) is 11.0. The molecule has 3 N–H and O–H groups in total. The van der Waals surface area contributed by atoms with Gasteiger partial charge in [-0.1, -0.05) is 346 Å². The van der Waals surface area contributed by atoms with E-state index in [0.717, 1.165) is 51.4 Å². The van der Waals surface area contributed by atoms with Gasteiger partial charge in [-0.15, -0.1) is 0 Å². The van der Waals surface area contributed by atoms with Crippen LogP contribution in [0.1, 0.15) is 386 Å². The Kier molecular flexibility index (Phi) is 65.9. The first-order valence-corrected chi connectivity index (χ1v) is 35.3. The Hall–Kier alpha value is -1.92. The van der Waals surface area contributed by atoms with Crippen LogP contribution in [-0.4, -0.2) is 47.4 Å². The second-order valence-corrected chi connectivity index (χ2v) is 24.2. The molecule has 0 aliphatic heterocycles. The highest BCUT2D eigenvalue weighted by Gasteiger charge is 2.18. The maximum Gasteiger partial charge on any atom is 0.305 e. The lowest BCUT2D eigenvalue weighted by Gasteiger charge is -2.20. The summed E-state index contributed by atoms with van der Waals surface area (Å²) in [5, 5.41) is 23.2. The highest BCUT2D eigenvalue weighted by Crippen LogP contribution is 2.19. The van der Waals surface area contributed by atoms with E-state index in [4.69, 9.17) is 4.74 Å². The largest absolute Gasteiger partial charge is 0.466 e. The van der Waals surface area contributed by atoms with Crippen LogP contribution >= 0.6 is 0 Å². The van der Waals surface area contributed by atoms with E-state index in [-0.39, 0.29) is 18.5 Å². The number of rotatable bonds is 66. The molecule has 0 saturated heterocycles. The molecule has 0 aliphatic carbocycles. The number of nitrogens with one attached hydrogen (secondary N) is 1. The fraction of sp³-hybridized carbons (Fsp3) is 0.889. The van der Waals surface area contributed by atoms with Crippen molar-refractivity contribution in [3.8, 4) is 0 Å². The molecule has 0 saturated carbocycles. The summed E-state index contributed by atoms with van der Waals surface area (Å²) < 4.78 is 5.49. The third-order valence-corrected chi connectivity index (χ3v) is 16.4. The van der Waals surface area contributed by atoms with Crippen LogP contribution in [-0.2, 0) is 14.3 Å². The van der Waals surface area contributed by atoms with Gasteiger partial charge in [-0.05, 0) is 64.2 Å². The van der Waals surface area contributed by atoms with Crippen molar-refractivity contribution in [3.05, 3.63) is 36.5 Å². The van der Waals surface area contributed by atoms with Gasteiger partial charge >= 0.3 is 5.97 Å². The van der Waals surface area contributed by atoms with E-state index >= 15 is 0 Å². The molecule has 0 aromatic carbocycles. The van der Waals surface area contributed by atoms with E-state index in [9.17, 15) is 19.8 Å². The molecular formula is C72H137NO5. The monoisotopic (exact) mass is 1100 g/mol. The van der Waals surface area contributed by atoms with Crippen LogP contribution in [0.2, 0.25) is 0 Å². The molecule has 6 heteroatoms. The summed E-state index contributed by atoms with van der Waals surface area (Å²) in [6.45, 7) is 4.90. The number of carbonyl (C=O) groups is 2. The summed E-state index contributed by atoms with van der Waals surface area (Å²) in [6.07, 6.45) is 86.5. The number of hydrogen-bond donors (Lipinski definition) is 3. The number of aliphatic hydroxyl groups is 2. The van der Waals surface area contributed by atoms with E-state index in [1.54, 1.807) is 6.08 Å². The van der Waals surface area contributed by atoms with Gasteiger partial charge in [-0.25, -0.2) is 0 Å². The number of esters is 1. The summed E-state index contributed by atoms with van der Waals surface area (Å²) in [5.41, 5.74) is 0. The average molecular weight is 1100 g/mol. The third kappa shape index (κ3) is 63.3. The molecule has 0 radical (unpaired) electrons. The van der Waals surface area contributed by atoms with Gasteiger partial charge in [0, 0.05) is 12.8 Å². The SMILES string of the molecule is CCCCC/C=C\C/C=C\CCCCCCCC(=O)OCCCCCCCCCCCCCCCCCCCCCCCCCCCCCCCC(=O)NC(CO)C(O)/C=C/CCCCCCCCCCCCCCCCC. The van der Waals surface area contributed by atoms with Gasteiger partial charge in [0.25, 0.3) is 0 Å². The second-order valence-electron chi connectivity index (χ2n) is 24.2. The molecule has 460 valence electrons. The van der Waals surface area contributed by atoms with Crippen molar-refractivity contribution in [1.29, 1.82) is 0 Å². The predicted octanol–water partition coefficient (Wildman–Crippen LogP) is 22.7. The molecule has 0 aromatic heterocycles. The number of hydrogen-bond acceptors (Lipinski definition) is 5. The number of amides is 1. The van der Waals surface area contributed by atoms with Crippen molar-refractivity contribution in [2.75, 3.05) is 13.2 Å². The lowest BCUT2D eigenvalue weighted by molar-refractivity contribution is -0.143. The van der Waals surface area contributed by atoms with Crippen molar-refractivity contribution >= 4 is 11.9 Å². The quantitative estimate of drug-likeness (QED) is 0.0320. The van der Waals surface area contributed by atoms with E-state index in [1.165, 1.54) is 308 Å². The molecule has 6 nitrogen and oxygen atoms in total. The molecular weight excluding hydrogens is 959 g/mol. The molecule has 0 fully saturated rings. The first-order chi connectivity index (χ1) is 38.5. The molecule has 2 unspecified atom stereocenters. The lowest BCUT2D eigenvalue weighted by atomic mass is 10.0. The molecule has 2 atom stereocenters. The second kappa shape index (κ2) is 67.6. The van der Waals surface area contributed by atoms with Gasteiger partial charge in [0.2, 0.25) is 5.91 Å². The van der Waals surface area contributed by atoms with Crippen LogP contribution in [0.25, 0.3) is 0 Å². The number of ether oxygens (including phenoxy) is 1. The van der Waals surface area contributed by atoms with Crippen molar-refractivity contribution in [3.63, 3.8) is 0 Å². The summed E-state index contributed by atoms with van der Waals surface area (Å²) in [5.74, 6) is -0.0563. The Morgan fingerprint density at radius 3 is 1.00 bits per heavy atom. The lowest BCUT2D eigenvalue weighted by Crippen LogP contribution is -2.45. The fourth-order valence-electron chi connectivity index (χ4n) is 11.0. The minimum Gasteiger partial charge on any atom is -0.466 e. The van der Waals surface area contributed by atoms with E-state index in [1.807, 2.05) is 6.08 Å². The zero-order valence-corrected chi connectivity index (χ0v) is 52.7. The Labute approximate surface area is 487 Å². The first-order valence-electron chi connectivity index (χ1n) is 35.3. The highest BCUT2D eigenvalue weighted by atomic mass is 16.5. The Bertz CT molecular complexity index is 1260. The third-order valence-electron chi connectivity index (χ3n) is 16.4. The standard InChI is InChI=1S/C72H137NO5/c1-3-5-7-9-11-13-15-17-19-33-37-40-44-48-52-56-60-64-70(75)69(68-74)73-71(76)65-61-57-53-49-45-41-38-34-31-29-27-25-23-21-20-22-24-26-28-30-32-35-39-43-47-51-55-59-63-67-78-72(77)66-62-58-54-50-46-42-36-18-16-14-12-10-8-6-4-2/h12,14,18,36,60,64,69-70,74-75H,3-11,13,15-17,19-35,37-59,61-63,65-68H2,1-2H3,(H,73,76)/b14-12-,36-18-,64-60+. The van der Waals surface area contributed by atoms with E-state index < -0.39 is 12.1 Å². The summed E-state index contributed by atoms with van der Waals surface area (Å²) in [4.78, 5) is 24.6. The maximum atomic E-state index is 12.5. The van der Waals surface area contributed by atoms with Gasteiger partial charge < -0.3 is 20.3 Å². The maximum absolute atomic E-state index is 12.5. The number of aliphatic hydroxyl groups excluding tert-OH is 2. The van der Waals surface area contributed by atoms with Gasteiger partial charge in [0.05, 0.1) is 25.4 Å². The summed E-state index contributed by atoms with van der Waals surface area (Å²) >= 11 is 0. The summed E-state index contributed by atoms with van der Waals surface area (Å²) in [7, 11) is 0. The Morgan fingerprint density at radius 2 is 0.641 bits per heavy atom. The minimum absolute atomic E-state index is 0.00543. The number of carbonyl (C=O) groups excluding carboxylic acids is 2.